The van der Waals surface area contributed by atoms with Crippen LogP contribution in [-0.2, 0) is 0 Å². The summed E-state index contributed by atoms with van der Waals surface area (Å²) in [6, 6.07) is 15.3. The molecular weight excluding hydrogens is 238 g/mol. The van der Waals surface area contributed by atoms with Gasteiger partial charge in [0, 0.05) is 11.1 Å². The fraction of sp³-hybridized carbons (Fsp3) is 0. The van der Waals surface area contributed by atoms with Crippen LogP contribution in [0, 0.1) is 0 Å². The molecule has 0 aliphatic rings. The molecule has 0 saturated carbocycles. The SMILES string of the molecule is O=Cc1ccccc1-c1ccc(-c2ncco2)cc1. The summed E-state index contributed by atoms with van der Waals surface area (Å²) in [6.07, 6.45) is 4.03. The van der Waals surface area contributed by atoms with Gasteiger partial charge in [0.15, 0.2) is 6.29 Å². The van der Waals surface area contributed by atoms with E-state index < -0.39 is 0 Å². The minimum Gasteiger partial charge on any atom is -0.445 e. The van der Waals surface area contributed by atoms with Crippen LogP contribution in [0.3, 0.4) is 0 Å². The number of carbonyl (C=O) groups is 1. The van der Waals surface area contributed by atoms with Crippen LogP contribution < -0.4 is 0 Å². The van der Waals surface area contributed by atoms with Crippen molar-refractivity contribution in [1.82, 2.24) is 4.98 Å². The maximum Gasteiger partial charge on any atom is 0.225 e. The molecule has 2 aromatic carbocycles. The average Bonchev–Trinajstić information content (AvgIpc) is 3.02. The quantitative estimate of drug-likeness (QED) is 0.663. The van der Waals surface area contributed by atoms with Gasteiger partial charge in [0.2, 0.25) is 5.89 Å². The summed E-state index contributed by atoms with van der Waals surface area (Å²) in [5.41, 5.74) is 3.53. The number of carbonyl (C=O) groups excluding carboxylic acids is 1. The zero-order chi connectivity index (χ0) is 13.1. The van der Waals surface area contributed by atoms with Gasteiger partial charge in [-0.05, 0) is 23.3 Å². The topological polar surface area (TPSA) is 43.1 Å². The van der Waals surface area contributed by atoms with Crippen LogP contribution in [0.2, 0.25) is 0 Å². The Morgan fingerprint density at radius 1 is 0.947 bits per heavy atom. The van der Waals surface area contributed by atoms with Crippen LogP contribution in [0.4, 0.5) is 0 Å². The molecule has 3 aromatic rings. The van der Waals surface area contributed by atoms with Crippen molar-refractivity contribution < 1.29 is 9.21 Å². The Labute approximate surface area is 110 Å². The number of aldehydes is 1. The van der Waals surface area contributed by atoms with Gasteiger partial charge < -0.3 is 4.42 Å². The highest BCUT2D eigenvalue weighted by atomic mass is 16.3. The number of aromatic nitrogens is 1. The Morgan fingerprint density at radius 3 is 2.37 bits per heavy atom. The van der Waals surface area contributed by atoms with Crippen molar-refractivity contribution in [3.8, 4) is 22.6 Å². The van der Waals surface area contributed by atoms with Crippen molar-refractivity contribution in [2.75, 3.05) is 0 Å². The van der Waals surface area contributed by atoms with E-state index in [1.165, 1.54) is 0 Å². The van der Waals surface area contributed by atoms with Gasteiger partial charge >= 0.3 is 0 Å². The van der Waals surface area contributed by atoms with Crippen molar-refractivity contribution >= 4 is 6.29 Å². The zero-order valence-corrected chi connectivity index (χ0v) is 10.1. The minimum absolute atomic E-state index is 0.593. The fourth-order valence-electron chi connectivity index (χ4n) is 2.02. The molecule has 3 rings (SSSR count). The predicted octanol–water partition coefficient (Wildman–Crippen LogP) is 3.82. The van der Waals surface area contributed by atoms with E-state index in [9.17, 15) is 4.79 Å². The van der Waals surface area contributed by atoms with Gasteiger partial charge in [-0.1, -0.05) is 36.4 Å². The normalized spacial score (nSPS) is 10.3. The second-order valence-corrected chi connectivity index (χ2v) is 4.12. The molecular formula is C16H11NO2. The molecule has 0 fully saturated rings. The predicted molar refractivity (Wildman–Crippen MR) is 72.8 cm³/mol. The molecule has 1 heterocycles. The maximum atomic E-state index is 11.0. The lowest BCUT2D eigenvalue weighted by atomic mass is 9.99. The molecule has 0 aliphatic carbocycles. The van der Waals surface area contributed by atoms with Crippen molar-refractivity contribution in [2.45, 2.75) is 0 Å². The van der Waals surface area contributed by atoms with E-state index in [1.54, 1.807) is 12.5 Å². The number of hydrogen-bond donors (Lipinski definition) is 0. The molecule has 92 valence electrons. The molecule has 1 aromatic heterocycles. The monoisotopic (exact) mass is 249 g/mol. The summed E-state index contributed by atoms with van der Waals surface area (Å²) >= 11 is 0. The molecule has 0 N–H and O–H groups in total. The second-order valence-electron chi connectivity index (χ2n) is 4.12. The van der Waals surface area contributed by atoms with Gasteiger partial charge in [-0.3, -0.25) is 4.79 Å². The lowest BCUT2D eigenvalue weighted by Crippen LogP contribution is -1.87. The summed E-state index contributed by atoms with van der Waals surface area (Å²) in [5.74, 6) is 0.593. The van der Waals surface area contributed by atoms with Crippen LogP contribution in [0.15, 0.2) is 65.4 Å². The molecule has 3 heteroatoms. The standard InChI is InChI=1S/C16H11NO2/c18-11-14-3-1-2-4-15(14)12-5-7-13(8-6-12)16-17-9-10-19-16/h1-11H. The Hall–Kier alpha value is -2.68. The van der Waals surface area contributed by atoms with Crippen LogP contribution >= 0.6 is 0 Å². The molecule has 0 radical (unpaired) electrons. The van der Waals surface area contributed by atoms with Crippen LogP contribution in [0.5, 0.6) is 0 Å². The first-order valence-electron chi connectivity index (χ1n) is 5.93. The highest BCUT2D eigenvalue weighted by molar-refractivity contribution is 5.87. The maximum absolute atomic E-state index is 11.0. The molecule has 0 amide bonds. The van der Waals surface area contributed by atoms with Crippen molar-refractivity contribution in [2.24, 2.45) is 0 Å². The lowest BCUT2D eigenvalue weighted by molar-refractivity contribution is 0.112. The van der Waals surface area contributed by atoms with E-state index in [0.29, 0.717) is 11.5 Å². The summed E-state index contributed by atoms with van der Waals surface area (Å²) < 4.78 is 5.24. The first-order chi connectivity index (χ1) is 9.38. The summed E-state index contributed by atoms with van der Waals surface area (Å²) in [5, 5.41) is 0. The average molecular weight is 249 g/mol. The van der Waals surface area contributed by atoms with Crippen LogP contribution in [-0.4, -0.2) is 11.3 Å². The number of rotatable bonds is 3. The number of oxazole rings is 1. The van der Waals surface area contributed by atoms with E-state index in [1.807, 2.05) is 48.5 Å². The first-order valence-corrected chi connectivity index (χ1v) is 5.93. The van der Waals surface area contributed by atoms with Crippen molar-refractivity contribution in [3.05, 3.63) is 66.6 Å². The minimum atomic E-state index is 0.593. The highest BCUT2D eigenvalue weighted by Crippen LogP contribution is 2.25. The van der Waals surface area contributed by atoms with Gasteiger partial charge in [0.05, 0.1) is 6.20 Å². The lowest BCUT2D eigenvalue weighted by Gasteiger charge is -2.05. The van der Waals surface area contributed by atoms with Gasteiger partial charge in [-0.2, -0.15) is 0 Å². The molecule has 0 aliphatic heterocycles. The number of hydrogen-bond acceptors (Lipinski definition) is 3. The number of nitrogens with zero attached hydrogens (tertiary/aromatic N) is 1. The molecule has 3 nitrogen and oxygen atoms in total. The highest BCUT2D eigenvalue weighted by Gasteiger charge is 2.05. The van der Waals surface area contributed by atoms with Gasteiger partial charge in [0.25, 0.3) is 0 Å². The summed E-state index contributed by atoms with van der Waals surface area (Å²) in [4.78, 5) is 15.1. The molecule has 0 unspecified atom stereocenters. The van der Waals surface area contributed by atoms with Crippen molar-refractivity contribution in [1.29, 1.82) is 0 Å². The Morgan fingerprint density at radius 2 is 1.68 bits per heavy atom. The van der Waals surface area contributed by atoms with Crippen LogP contribution in [0.1, 0.15) is 10.4 Å². The third-order valence-electron chi connectivity index (χ3n) is 2.96. The smallest absolute Gasteiger partial charge is 0.225 e. The first kappa shape index (κ1) is 11.4. The van der Waals surface area contributed by atoms with Crippen LogP contribution in [0.25, 0.3) is 22.6 Å². The molecule has 0 saturated heterocycles. The Bertz CT molecular complexity index is 685. The van der Waals surface area contributed by atoms with Gasteiger partial charge in [-0.15, -0.1) is 0 Å². The fourth-order valence-corrected chi connectivity index (χ4v) is 2.02. The van der Waals surface area contributed by atoms with E-state index in [-0.39, 0.29) is 0 Å². The Balaban J connectivity index is 2.01. The Kier molecular flexibility index (Phi) is 2.94. The van der Waals surface area contributed by atoms with E-state index in [2.05, 4.69) is 4.98 Å². The molecule has 0 bridgehead atoms. The molecule has 0 atom stereocenters. The van der Waals surface area contributed by atoms with Gasteiger partial charge in [0.1, 0.15) is 6.26 Å². The second kappa shape index (κ2) is 4.90. The molecule has 0 spiro atoms. The number of benzene rings is 2. The van der Waals surface area contributed by atoms with E-state index in [0.717, 1.165) is 23.0 Å². The third kappa shape index (κ3) is 2.18. The zero-order valence-electron chi connectivity index (χ0n) is 10.1. The van der Waals surface area contributed by atoms with Crippen molar-refractivity contribution in [3.63, 3.8) is 0 Å². The third-order valence-corrected chi connectivity index (χ3v) is 2.96. The van der Waals surface area contributed by atoms with E-state index >= 15 is 0 Å². The molecule has 19 heavy (non-hydrogen) atoms. The summed E-state index contributed by atoms with van der Waals surface area (Å²) in [6.45, 7) is 0. The van der Waals surface area contributed by atoms with E-state index in [4.69, 9.17) is 4.42 Å². The largest absolute Gasteiger partial charge is 0.445 e. The summed E-state index contributed by atoms with van der Waals surface area (Å²) in [7, 11) is 0. The van der Waals surface area contributed by atoms with Gasteiger partial charge in [-0.25, -0.2) is 4.98 Å².